The second-order valence-electron chi connectivity index (χ2n) is 8.91. The summed E-state index contributed by atoms with van der Waals surface area (Å²) in [6.07, 6.45) is 0.0559. The molecular formula is C32H26N2O3. The van der Waals surface area contributed by atoms with Crippen LogP contribution in [0.1, 0.15) is 22.4 Å². The molecule has 0 unspecified atom stereocenters. The average Bonchev–Trinajstić information content (AvgIpc) is 2.95. The zero-order valence-electron chi connectivity index (χ0n) is 20.1. The minimum absolute atomic E-state index is 0.0559. The summed E-state index contributed by atoms with van der Waals surface area (Å²) >= 11 is 0. The fraction of sp³-hybridized carbons (Fsp3) is 0.0938. The summed E-state index contributed by atoms with van der Waals surface area (Å²) in [4.78, 5) is 31.4. The molecule has 0 aliphatic carbocycles. The number of pyridine rings is 1. The van der Waals surface area contributed by atoms with Gasteiger partial charge >= 0.3 is 5.97 Å². The van der Waals surface area contributed by atoms with E-state index >= 15 is 0 Å². The Hall–Kier alpha value is -4.77. The van der Waals surface area contributed by atoms with Gasteiger partial charge in [-0.1, -0.05) is 115 Å². The molecule has 1 amide bonds. The maximum atomic E-state index is 14.4. The molecule has 0 bridgehead atoms. The largest absolute Gasteiger partial charge is 0.480 e. The number of carboxylic acids is 1. The Labute approximate surface area is 215 Å². The molecule has 4 aromatic carbocycles. The third-order valence-electron chi connectivity index (χ3n) is 6.63. The molecule has 5 rings (SSSR count). The highest BCUT2D eigenvalue weighted by Gasteiger charge is 2.45. The monoisotopic (exact) mass is 486 g/mol. The molecular weight excluding hydrogens is 460 g/mol. The Morgan fingerprint density at radius 1 is 0.676 bits per heavy atom. The molecule has 1 aromatic heterocycles. The fourth-order valence-corrected chi connectivity index (χ4v) is 4.86. The van der Waals surface area contributed by atoms with Crippen LogP contribution in [0, 0.1) is 0 Å². The number of hydrogen-bond donors (Lipinski definition) is 2. The van der Waals surface area contributed by atoms with Crippen molar-refractivity contribution in [3.05, 3.63) is 150 Å². The lowest BCUT2D eigenvalue weighted by atomic mass is 9.68. The van der Waals surface area contributed by atoms with Crippen LogP contribution in [0.2, 0.25) is 0 Å². The number of nitrogens with one attached hydrogen (secondary N) is 1. The average molecular weight is 487 g/mol. The van der Waals surface area contributed by atoms with E-state index in [2.05, 4.69) is 10.3 Å². The summed E-state index contributed by atoms with van der Waals surface area (Å²) in [5.74, 6) is -1.53. The van der Waals surface area contributed by atoms with Crippen LogP contribution in [0.25, 0.3) is 10.9 Å². The second-order valence-corrected chi connectivity index (χ2v) is 8.91. The number of para-hydroxylation sites is 1. The standard InChI is InChI=1S/C32H26N2O3/c35-30(36)29(22-27-21-20-23-12-10-11-19-28(23)33-27)34-31(37)32(24-13-4-1-5-14-24,25-15-6-2-7-16-25)26-17-8-3-9-18-26/h1-21,29H,22H2,(H,34,37)(H,35,36)/t29-/m1/s1. The van der Waals surface area contributed by atoms with E-state index in [0.29, 0.717) is 5.69 Å². The van der Waals surface area contributed by atoms with Gasteiger partial charge in [0.15, 0.2) is 0 Å². The van der Waals surface area contributed by atoms with E-state index in [-0.39, 0.29) is 6.42 Å². The molecule has 0 fully saturated rings. The molecule has 1 atom stereocenters. The van der Waals surface area contributed by atoms with Crippen LogP contribution in [0.5, 0.6) is 0 Å². The highest BCUT2D eigenvalue weighted by molar-refractivity contribution is 5.98. The molecule has 5 aromatic rings. The van der Waals surface area contributed by atoms with Crippen LogP contribution in [0.3, 0.4) is 0 Å². The smallest absolute Gasteiger partial charge is 0.326 e. The Kier molecular flexibility index (Phi) is 6.77. The summed E-state index contributed by atoms with van der Waals surface area (Å²) < 4.78 is 0. The summed E-state index contributed by atoms with van der Waals surface area (Å²) in [7, 11) is 0. The van der Waals surface area contributed by atoms with Crippen LogP contribution in [-0.4, -0.2) is 28.0 Å². The van der Waals surface area contributed by atoms with Gasteiger partial charge in [-0.3, -0.25) is 9.78 Å². The first-order valence-electron chi connectivity index (χ1n) is 12.1. The van der Waals surface area contributed by atoms with Gasteiger partial charge in [0.25, 0.3) is 0 Å². The third-order valence-corrected chi connectivity index (χ3v) is 6.63. The van der Waals surface area contributed by atoms with Gasteiger partial charge in [-0.15, -0.1) is 0 Å². The van der Waals surface area contributed by atoms with E-state index in [0.717, 1.165) is 27.6 Å². The van der Waals surface area contributed by atoms with Gasteiger partial charge in [-0.25, -0.2) is 4.79 Å². The molecule has 0 spiro atoms. The number of hydrogen-bond acceptors (Lipinski definition) is 3. The number of aliphatic carboxylic acids is 1. The Bertz CT molecular complexity index is 1420. The van der Waals surface area contributed by atoms with Crippen molar-refractivity contribution in [1.82, 2.24) is 10.3 Å². The molecule has 5 nitrogen and oxygen atoms in total. The maximum Gasteiger partial charge on any atom is 0.326 e. The van der Waals surface area contributed by atoms with E-state index in [9.17, 15) is 14.7 Å². The summed E-state index contributed by atoms with van der Waals surface area (Å²) in [5.41, 5.74) is 2.36. The number of benzene rings is 4. The lowest BCUT2D eigenvalue weighted by molar-refractivity contribution is -0.142. The highest BCUT2D eigenvalue weighted by Crippen LogP contribution is 2.39. The van der Waals surface area contributed by atoms with Gasteiger partial charge in [0.2, 0.25) is 5.91 Å². The normalized spacial score (nSPS) is 12.1. The molecule has 0 saturated carbocycles. The number of aromatic nitrogens is 1. The lowest BCUT2D eigenvalue weighted by Crippen LogP contribution is -2.52. The van der Waals surface area contributed by atoms with E-state index in [1.807, 2.05) is 127 Å². The molecule has 5 heteroatoms. The first-order chi connectivity index (χ1) is 18.1. The zero-order valence-corrected chi connectivity index (χ0v) is 20.1. The Morgan fingerprint density at radius 2 is 1.16 bits per heavy atom. The Morgan fingerprint density at radius 3 is 1.68 bits per heavy atom. The summed E-state index contributed by atoms with van der Waals surface area (Å²) in [6, 6.07) is 38.6. The number of amides is 1. The van der Waals surface area contributed by atoms with Crippen molar-refractivity contribution in [3.8, 4) is 0 Å². The number of carbonyl (C=O) groups excluding carboxylic acids is 1. The number of rotatable bonds is 8. The van der Waals surface area contributed by atoms with Crippen LogP contribution in [0.15, 0.2) is 127 Å². The van der Waals surface area contributed by atoms with Gasteiger partial charge in [0, 0.05) is 17.5 Å². The number of carboxylic acid groups (broad SMARTS) is 1. The molecule has 0 saturated heterocycles. The minimum Gasteiger partial charge on any atom is -0.480 e. The minimum atomic E-state index is -1.26. The van der Waals surface area contributed by atoms with Crippen molar-refractivity contribution in [2.45, 2.75) is 17.9 Å². The van der Waals surface area contributed by atoms with Gasteiger partial charge in [-0.2, -0.15) is 0 Å². The summed E-state index contributed by atoms with van der Waals surface area (Å²) in [6.45, 7) is 0. The van der Waals surface area contributed by atoms with Crippen molar-refractivity contribution in [2.75, 3.05) is 0 Å². The first-order valence-corrected chi connectivity index (χ1v) is 12.1. The SMILES string of the molecule is O=C(O)[C@@H](Cc1ccc2ccccc2n1)NC(=O)C(c1ccccc1)(c1ccccc1)c1ccccc1. The Balaban J connectivity index is 1.59. The van der Waals surface area contributed by atoms with Crippen molar-refractivity contribution >= 4 is 22.8 Å². The summed E-state index contributed by atoms with van der Waals surface area (Å²) in [5, 5.41) is 14.0. The van der Waals surface area contributed by atoms with E-state index in [4.69, 9.17) is 0 Å². The van der Waals surface area contributed by atoms with E-state index in [1.54, 1.807) is 0 Å². The number of fused-ring (bicyclic) bond motifs is 1. The zero-order chi connectivity index (χ0) is 25.7. The van der Waals surface area contributed by atoms with Crippen molar-refractivity contribution < 1.29 is 14.7 Å². The van der Waals surface area contributed by atoms with Gasteiger partial charge in [0.05, 0.1) is 5.52 Å². The molecule has 0 aliphatic rings. The number of carbonyl (C=O) groups is 2. The van der Waals surface area contributed by atoms with Crippen molar-refractivity contribution in [2.24, 2.45) is 0 Å². The van der Waals surface area contributed by atoms with Gasteiger partial charge < -0.3 is 10.4 Å². The fourth-order valence-electron chi connectivity index (χ4n) is 4.86. The molecule has 0 aliphatic heterocycles. The predicted octanol–water partition coefficient (Wildman–Crippen LogP) is 5.38. The van der Waals surface area contributed by atoms with Crippen LogP contribution < -0.4 is 5.32 Å². The predicted molar refractivity (Wildman–Crippen MR) is 144 cm³/mol. The van der Waals surface area contributed by atoms with Crippen molar-refractivity contribution in [3.63, 3.8) is 0 Å². The van der Waals surface area contributed by atoms with Crippen molar-refractivity contribution in [1.29, 1.82) is 0 Å². The van der Waals surface area contributed by atoms with E-state index < -0.39 is 23.3 Å². The van der Waals surface area contributed by atoms with Crippen LogP contribution in [0.4, 0.5) is 0 Å². The molecule has 2 N–H and O–H groups in total. The number of nitrogens with zero attached hydrogens (tertiary/aromatic N) is 1. The lowest BCUT2D eigenvalue weighted by Gasteiger charge is -2.35. The van der Waals surface area contributed by atoms with Gasteiger partial charge in [-0.05, 0) is 28.8 Å². The second kappa shape index (κ2) is 10.5. The first kappa shape index (κ1) is 23.9. The molecule has 1 heterocycles. The maximum absolute atomic E-state index is 14.4. The quantitative estimate of drug-likeness (QED) is 0.289. The highest BCUT2D eigenvalue weighted by atomic mass is 16.4. The molecule has 0 radical (unpaired) electrons. The van der Waals surface area contributed by atoms with Crippen LogP contribution in [-0.2, 0) is 21.4 Å². The molecule has 182 valence electrons. The molecule has 37 heavy (non-hydrogen) atoms. The topological polar surface area (TPSA) is 79.3 Å². The van der Waals surface area contributed by atoms with Gasteiger partial charge in [0.1, 0.15) is 11.5 Å². The van der Waals surface area contributed by atoms with Crippen LogP contribution >= 0.6 is 0 Å². The van der Waals surface area contributed by atoms with E-state index in [1.165, 1.54) is 0 Å². The third kappa shape index (κ3) is 4.71.